The number of aromatic nitrogens is 1. The summed E-state index contributed by atoms with van der Waals surface area (Å²) >= 11 is 1.39. The van der Waals surface area contributed by atoms with E-state index >= 15 is 0 Å². The zero-order valence-corrected chi connectivity index (χ0v) is 11.9. The molecule has 0 radical (unpaired) electrons. The van der Waals surface area contributed by atoms with E-state index in [0.717, 1.165) is 36.6 Å². The van der Waals surface area contributed by atoms with Gasteiger partial charge in [-0.15, -0.1) is 11.3 Å². The third-order valence-corrected chi connectivity index (χ3v) is 4.92. The second-order valence-corrected chi connectivity index (χ2v) is 5.93. The molecule has 0 amide bonds. The molecule has 0 aromatic carbocycles. The van der Waals surface area contributed by atoms with E-state index in [2.05, 4.69) is 11.9 Å². The maximum absolute atomic E-state index is 11.5. The quantitative estimate of drug-likeness (QED) is 0.791. The summed E-state index contributed by atoms with van der Waals surface area (Å²) in [6.45, 7) is 2.27. The molecule has 5 heteroatoms. The van der Waals surface area contributed by atoms with Crippen LogP contribution in [0.4, 0.5) is 0 Å². The van der Waals surface area contributed by atoms with Crippen LogP contribution in [0.1, 0.15) is 47.3 Å². The van der Waals surface area contributed by atoms with Crippen molar-refractivity contribution < 1.29 is 14.3 Å². The fraction of sp³-hybridized carbons (Fsp3) is 0.692. The van der Waals surface area contributed by atoms with E-state index in [1.807, 2.05) is 0 Å². The van der Waals surface area contributed by atoms with E-state index in [-0.39, 0.29) is 11.6 Å². The van der Waals surface area contributed by atoms with Crippen LogP contribution in [0.2, 0.25) is 0 Å². The van der Waals surface area contributed by atoms with Crippen molar-refractivity contribution in [1.82, 2.24) is 4.98 Å². The lowest BCUT2D eigenvalue weighted by molar-refractivity contribution is -0.0531. The summed E-state index contributed by atoms with van der Waals surface area (Å²) in [6.07, 6.45) is 5.81. The summed E-state index contributed by atoms with van der Waals surface area (Å²) in [5, 5.41) is 0.900. The fourth-order valence-corrected chi connectivity index (χ4v) is 3.47. The molecule has 1 aromatic heterocycles. The summed E-state index contributed by atoms with van der Waals surface area (Å²) in [5.74, 6) is 0.419. The van der Waals surface area contributed by atoms with Gasteiger partial charge in [0.2, 0.25) is 0 Å². The Bertz CT molecular complexity index is 422. The zero-order chi connectivity index (χ0) is 13.2. The van der Waals surface area contributed by atoms with E-state index in [1.54, 1.807) is 13.3 Å². The Morgan fingerprint density at radius 1 is 1.44 bits per heavy atom. The highest BCUT2D eigenvalue weighted by Gasteiger charge is 2.38. The lowest BCUT2D eigenvalue weighted by Gasteiger charge is -2.36. The van der Waals surface area contributed by atoms with Crippen LogP contribution in [0.25, 0.3) is 0 Å². The average molecular weight is 269 g/mol. The van der Waals surface area contributed by atoms with Crippen molar-refractivity contribution in [1.29, 1.82) is 0 Å². The normalized spacial score (nSPS) is 28.1. The summed E-state index contributed by atoms with van der Waals surface area (Å²) in [6, 6.07) is 0. The SMILES string of the molecule is COC(=O)c1cnc(C2(OC)CCC(C)CC2)s1. The van der Waals surface area contributed by atoms with Gasteiger partial charge in [-0.2, -0.15) is 0 Å². The highest BCUT2D eigenvalue weighted by molar-refractivity contribution is 7.13. The molecule has 1 saturated carbocycles. The van der Waals surface area contributed by atoms with Crippen LogP contribution < -0.4 is 0 Å². The van der Waals surface area contributed by atoms with Crippen molar-refractivity contribution >= 4 is 17.3 Å². The van der Waals surface area contributed by atoms with Gasteiger partial charge in [-0.1, -0.05) is 6.92 Å². The molecule has 1 fully saturated rings. The van der Waals surface area contributed by atoms with Crippen LogP contribution in [0.5, 0.6) is 0 Å². The molecule has 0 N–H and O–H groups in total. The van der Waals surface area contributed by atoms with Crippen molar-refractivity contribution in [2.75, 3.05) is 14.2 Å². The molecule has 1 heterocycles. The first-order valence-electron chi connectivity index (χ1n) is 6.21. The molecule has 0 unspecified atom stereocenters. The van der Waals surface area contributed by atoms with Gasteiger partial charge in [-0.05, 0) is 31.6 Å². The summed E-state index contributed by atoms with van der Waals surface area (Å²) in [7, 11) is 3.12. The van der Waals surface area contributed by atoms with Crippen LogP contribution in [0.15, 0.2) is 6.20 Å². The Hall–Kier alpha value is -0.940. The maximum atomic E-state index is 11.5. The Balaban J connectivity index is 2.22. The van der Waals surface area contributed by atoms with Gasteiger partial charge >= 0.3 is 5.97 Å². The van der Waals surface area contributed by atoms with Crippen molar-refractivity contribution in [2.24, 2.45) is 5.92 Å². The third-order valence-electron chi connectivity index (χ3n) is 3.75. The molecule has 100 valence electrons. The zero-order valence-electron chi connectivity index (χ0n) is 11.1. The maximum Gasteiger partial charge on any atom is 0.349 e. The first-order chi connectivity index (χ1) is 8.61. The first kappa shape index (κ1) is 13.5. The number of carbonyl (C=O) groups excluding carboxylic acids is 1. The average Bonchev–Trinajstić information content (AvgIpc) is 2.89. The van der Waals surface area contributed by atoms with Gasteiger partial charge in [0.05, 0.1) is 13.3 Å². The topological polar surface area (TPSA) is 48.4 Å². The molecule has 1 aliphatic rings. The van der Waals surface area contributed by atoms with E-state index in [4.69, 9.17) is 9.47 Å². The van der Waals surface area contributed by atoms with Gasteiger partial charge in [-0.25, -0.2) is 9.78 Å². The van der Waals surface area contributed by atoms with Gasteiger partial charge in [0.15, 0.2) is 0 Å². The molecule has 0 spiro atoms. The Labute approximate surface area is 111 Å². The van der Waals surface area contributed by atoms with Crippen LogP contribution in [-0.2, 0) is 15.1 Å². The van der Waals surface area contributed by atoms with E-state index in [9.17, 15) is 4.79 Å². The molecule has 1 aromatic rings. The summed E-state index contributed by atoms with van der Waals surface area (Å²) in [4.78, 5) is 16.4. The highest BCUT2D eigenvalue weighted by atomic mass is 32.1. The van der Waals surface area contributed by atoms with Gasteiger partial charge in [0.25, 0.3) is 0 Å². The van der Waals surface area contributed by atoms with Crippen LogP contribution >= 0.6 is 11.3 Å². The Kier molecular flexibility index (Phi) is 4.02. The largest absolute Gasteiger partial charge is 0.465 e. The van der Waals surface area contributed by atoms with Crippen molar-refractivity contribution in [3.8, 4) is 0 Å². The Morgan fingerprint density at radius 3 is 2.67 bits per heavy atom. The minimum Gasteiger partial charge on any atom is -0.465 e. The predicted molar refractivity (Wildman–Crippen MR) is 69.8 cm³/mol. The molecule has 0 atom stereocenters. The van der Waals surface area contributed by atoms with E-state index in [1.165, 1.54) is 18.4 Å². The number of thiazole rings is 1. The molecule has 0 saturated heterocycles. The minimum absolute atomic E-state index is 0.302. The Morgan fingerprint density at radius 2 is 2.11 bits per heavy atom. The van der Waals surface area contributed by atoms with Crippen LogP contribution in [-0.4, -0.2) is 25.2 Å². The second-order valence-electron chi connectivity index (χ2n) is 4.90. The summed E-state index contributed by atoms with van der Waals surface area (Å²) < 4.78 is 10.4. The molecule has 18 heavy (non-hydrogen) atoms. The molecular formula is C13H19NO3S. The lowest BCUT2D eigenvalue weighted by Crippen LogP contribution is -2.33. The number of nitrogens with zero attached hydrogens (tertiary/aromatic N) is 1. The predicted octanol–water partition coefficient (Wildman–Crippen LogP) is 2.98. The van der Waals surface area contributed by atoms with Crippen LogP contribution in [0, 0.1) is 5.92 Å². The van der Waals surface area contributed by atoms with Crippen molar-refractivity contribution in [2.45, 2.75) is 38.2 Å². The number of hydrogen-bond donors (Lipinski definition) is 0. The van der Waals surface area contributed by atoms with Gasteiger partial charge in [0.1, 0.15) is 15.5 Å². The molecule has 0 bridgehead atoms. The minimum atomic E-state index is -0.325. The number of esters is 1. The molecular weight excluding hydrogens is 250 g/mol. The summed E-state index contributed by atoms with van der Waals surface area (Å²) in [5.41, 5.74) is -0.302. The number of hydrogen-bond acceptors (Lipinski definition) is 5. The molecule has 1 aliphatic carbocycles. The molecule has 0 aliphatic heterocycles. The van der Waals surface area contributed by atoms with E-state index in [0.29, 0.717) is 4.88 Å². The lowest BCUT2D eigenvalue weighted by atomic mass is 9.80. The standard InChI is InChI=1S/C13H19NO3S/c1-9-4-6-13(17-3,7-5-9)12-14-8-10(18-12)11(15)16-2/h8-9H,4-7H2,1-3H3. The second kappa shape index (κ2) is 5.36. The molecule has 2 rings (SSSR count). The number of carbonyl (C=O) groups is 1. The number of ether oxygens (including phenoxy) is 2. The molecule has 4 nitrogen and oxygen atoms in total. The van der Waals surface area contributed by atoms with E-state index < -0.39 is 0 Å². The first-order valence-corrected chi connectivity index (χ1v) is 7.03. The third kappa shape index (κ3) is 2.42. The van der Waals surface area contributed by atoms with Crippen LogP contribution in [0.3, 0.4) is 0 Å². The van der Waals surface area contributed by atoms with Gasteiger partial charge < -0.3 is 9.47 Å². The van der Waals surface area contributed by atoms with Gasteiger partial charge in [0, 0.05) is 7.11 Å². The monoisotopic (exact) mass is 269 g/mol. The van der Waals surface area contributed by atoms with Gasteiger partial charge in [-0.3, -0.25) is 0 Å². The van der Waals surface area contributed by atoms with Crippen molar-refractivity contribution in [3.05, 3.63) is 16.1 Å². The fourth-order valence-electron chi connectivity index (χ4n) is 2.41. The number of rotatable bonds is 3. The highest BCUT2D eigenvalue weighted by Crippen LogP contribution is 2.43. The smallest absolute Gasteiger partial charge is 0.349 e. The van der Waals surface area contributed by atoms with Crippen molar-refractivity contribution in [3.63, 3.8) is 0 Å². The number of methoxy groups -OCH3 is 2.